The molecule has 70 valence electrons. The fourth-order valence-electron chi connectivity index (χ4n) is 1.80. The Morgan fingerprint density at radius 2 is 2.15 bits per heavy atom. The minimum absolute atomic E-state index is 0.529. The molecule has 0 spiro atoms. The summed E-state index contributed by atoms with van der Waals surface area (Å²) in [5.41, 5.74) is 2.30. The summed E-state index contributed by atoms with van der Waals surface area (Å²) in [4.78, 5) is 0. The second-order valence-electron chi connectivity index (χ2n) is 3.47. The molecular weight excluding hydrogens is 205 g/mol. The Morgan fingerprint density at radius 1 is 1.38 bits per heavy atom. The minimum atomic E-state index is 0.529. The van der Waals surface area contributed by atoms with Crippen LogP contribution in [0.2, 0.25) is 10.0 Å². The first-order valence-electron chi connectivity index (χ1n) is 4.41. The van der Waals surface area contributed by atoms with Crippen molar-refractivity contribution in [1.82, 2.24) is 0 Å². The van der Waals surface area contributed by atoms with Crippen molar-refractivity contribution in [2.75, 3.05) is 11.9 Å². The van der Waals surface area contributed by atoms with Crippen LogP contribution in [-0.4, -0.2) is 6.54 Å². The molecule has 3 heteroatoms. The van der Waals surface area contributed by atoms with Crippen molar-refractivity contribution in [2.24, 2.45) is 0 Å². The van der Waals surface area contributed by atoms with Crippen LogP contribution in [0.4, 0.5) is 5.69 Å². The maximum absolute atomic E-state index is 6.12. The number of hydrogen-bond acceptors (Lipinski definition) is 1. The molecule has 0 saturated heterocycles. The minimum Gasteiger partial charge on any atom is -0.385 e. The van der Waals surface area contributed by atoms with E-state index in [1.165, 1.54) is 5.56 Å². The molecule has 0 aliphatic carbocycles. The SMILES string of the molecule is CC1CCNc2cc(Cl)cc(Cl)c21. The number of halogens is 2. The van der Waals surface area contributed by atoms with Crippen LogP contribution in [0.25, 0.3) is 0 Å². The van der Waals surface area contributed by atoms with Gasteiger partial charge in [-0.1, -0.05) is 30.1 Å². The fourth-order valence-corrected chi connectivity index (χ4v) is 2.48. The molecule has 0 radical (unpaired) electrons. The Labute approximate surface area is 88.0 Å². The number of benzene rings is 1. The Hall–Kier alpha value is -0.400. The lowest BCUT2D eigenvalue weighted by Crippen LogP contribution is -2.15. The lowest BCUT2D eigenvalue weighted by Gasteiger charge is -2.25. The molecule has 1 N–H and O–H groups in total. The van der Waals surface area contributed by atoms with Crippen LogP contribution in [0.5, 0.6) is 0 Å². The molecule has 1 aromatic carbocycles. The molecule has 0 bridgehead atoms. The molecule has 13 heavy (non-hydrogen) atoms. The van der Waals surface area contributed by atoms with Crippen LogP contribution in [0, 0.1) is 0 Å². The predicted molar refractivity (Wildman–Crippen MR) is 58.0 cm³/mol. The summed E-state index contributed by atoms with van der Waals surface area (Å²) in [5, 5.41) is 4.78. The normalized spacial score (nSPS) is 20.7. The second-order valence-corrected chi connectivity index (χ2v) is 4.31. The molecule has 1 aliphatic heterocycles. The zero-order valence-corrected chi connectivity index (χ0v) is 8.91. The van der Waals surface area contributed by atoms with Gasteiger partial charge in [0.15, 0.2) is 0 Å². The van der Waals surface area contributed by atoms with Gasteiger partial charge in [0.25, 0.3) is 0 Å². The predicted octanol–water partition coefficient (Wildman–Crippen LogP) is 3.91. The number of anilines is 1. The van der Waals surface area contributed by atoms with E-state index in [0.717, 1.165) is 23.7 Å². The monoisotopic (exact) mass is 215 g/mol. The highest BCUT2D eigenvalue weighted by Crippen LogP contribution is 2.38. The van der Waals surface area contributed by atoms with Crippen LogP contribution >= 0.6 is 23.2 Å². The van der Waals surface area contributed by atoms with Gasteiger partial charge < -0.3 is 5.32 Å². The van der Waals surface area contributed by atoms with Gasteiger partial charge in [-0.3, -0.25) is 0 Å². The quantitative estimate of drug-likeness (QED) is 0.693. The van der Waals surface area contributed by atoms with Gasteiger partial charge in [0.2, 0.25) is 0 Å². The molecule has 1 heterocycles. The summed E-state index contributed by atoms with van der Waals surface area (Å²) in [5.74, 6) is 0.529. The molecule has 1 nitrogen and oxygen atoms in total. The van der Waals surface area contributed by atoms with Crippen molar-refractivity contribution < 1.29 is 0 Å². The average Bonchev–Trinajstić information content (AvgIpc) is 2.02. The third kappa shape index (κ3) is 1.63. The molecule has 1 atom stereocenters. The first-order valence-corrected chi connectivity index (χ1v) is 5.17. The highest BCUT2D eigenvalue weighted by Gasteiger charge is 2.19. The zero-order valence-electron chi connectivity index (χ0n) is 7.40. The Morgan fingerprint density at radius 3 is 2.92 bits per heavy atom. The van der Waals surface area contributed by atoms with Crippen LogP contribution in [0.15, 0.2) is 12.1 Å². The standard InChI is InChI=1S/C10H11Cl2N/c1-6-2-3-13-9-5-7(11)4-8(12)10(6)9/h4-6,13H,2-3H2,1H3. The summed E-state index contributed by atoms with van der Waals surface area (Å²) >= 11 is 12.0. The van der Waals surface area contributed by atoms with Crippen LogP contribution in [0.3, 0.4) is 0 Å². The first kappa shape index (κ1) is 9.17. The molecule has 0 amide bonds. The van der Waals surface area contributed by atoms with Gasteiger partial charge in [0.05, 0.1) is 0 Å². The number of rotatable bonds is 0. The summed E-state index contributed by atoms with van der Waals surface area (Å²) in [7, 11) is 0. The smallest absolute Gasteiger partial charge is 0.0476 e. The van der Waals surface area contributed by atoms with E-state index in [1.54, 1.807) is 0 Å². The third-order valence-electron chi connectivity index (χ3n) is 2.48. The Kier molecular flexibility index (Phi) is 2.39. The van der Waals surface area contributed by atoms with E-state index in [4.69, 9.17) is 23.2 Å². The molecule has 1 aliphatic rings. The van der Waals surface area contributed by atoms with Crippen molar-refractivity contribution in [3.63, 3.8) is 0 Å². The van der Waals surface area contributed by atoms with Gasteiger partial charge in [0.1, 0.15) is 0 Å². The molecule has 0 aromatic heterocycles. The van der Waals surface area contributed by atoms with E-state index in [0.29, 0.717) is 10.9 Å². The highest BCUT2D eigenvalue weighted by molar-refractivity contribution is 6.35. The lowest BCUT2D eigenvalue weighted by molar-refractivity contribution is 0.684. The van der Waals surface area contributed by atoms with E-state index in [9.17, 15) is 0 Å². The van der Waals surface area contributed by atoms with E-state index in [2.05, 4.69) is 12.2 Å². The van der Waals surface area contributed by atoms with E-state index in [-0.39, 0.29) is 0 Å². The molecule has 0 saturated carbocycles. The van der Waals surface area contributed by atoms with E-state index < -0.39 is 0 Å². The van der Waals surface area contributed by atoms with Crippen molar-refractivity contribution in [1.29, 1.82) is 0 Å². The number of nitrogens with one attached hydrogen (secondary N) is 1. The first-order chi connectivity index (χ1) is 6.18. The third-order valence-corrected chi connectivity index (χ3v) is 3.01. The van der Waals surface area contributed by atoms with Crippen molar-refractivity contribution in [3.8, 4) is 0 Å². The maximum atomic E-state index is 6.12. The Balaban J connectivity index is 2.56. The summed E-state index contributed by atoms with van der Waals surface area (Å²) < 4.78 is 0. The molecular formula is C10H11Cl2N. The molecule has 1 unspecified atom stereocenters. The number of hydrogen-bond donors (Lipinski definition) is 1. The van der Waals surface area contributed by atoms with Gasteiger partial charge in [0, 0.05) is 22.3 Å². The average molecular weight is 216 g/mol. The van der Waals surface area contributed by atoms with E-state index in [1.807, 2.05) is 12.1 Å². The molecule has 1 aromatic rings. The van der Waals surface area contributed by atoms with Crippen molar-refractivity contribution in [3.05, 3.63) is 27.7 Å². The van der Waals surface area contributed by atoms with Crippen molar-refractivity contribution >= 4 is 28.9 Å². The highest BCUT2D eigenvalue weighted by atomic mass is 35.5. The summed E-state index contributed by atoms with van der Waals surface area (Å²) in [6.45, 7) is 3.20. The van der Waals surface area contributed by atoms with Crippen LogP contribution < -0.4 is 5.32 Å². The largest absolute Gasteiger partial charge is 0.385 e. The summed E-state index contributed by atoms with van der Waals surface area (Å²) in [6, 6.07) is 3.75. The topological polar surface area (TPSA) is 12.0 Å². The molecule has 0 fully saturated rings. The summed E-state index contributed by atoms with van der Waals surface area (Å²) in [6.07, 6.45) is 1.13. The van der Waals surface area contributed by atoms with E-state index >= 15 is 0 Å². The van der Waals surface area contributed by atoms with Crippen LogP contribution in [0.1, 0.15) is 24.8 Å². The van der Waals surface area contributed by atoms with Crippen molar-refractivity contribution in [2.45, 2.75) is 19.3 Å². The molecule has 2 rings (SSSR count). The van der Waals surface area contributed by atoms with Gasteiger partial charge in [-0.15, -0.1) is 0 Å². The van der Waals surface area contributed by atoms with Gasteiger partial charge in [-0.05, 0) is 30.0 Å². The maximum Gasteiger partial charge on any atom is 0.0476 e. The lowest BCUT2D eigenvalue weighted by atomic mass is 9.93. The number of fused-ring (bicyclic) bond motifs is 1. The fraction of sp³-hybridized carbons (Fsp3) is 0.400. The zero-order chi connectivity index (χ0) is 9.42. The second kappa shape index (κ2) is 3.39. The van der Waals surface area contributed by atoms with Crippen LogP contribution in [-0.2, 0) is 0 Å². The van der Waals surface area contributed by atoms with Gasteiger partial charge >= 0.3 is 0 Å². The van der Waals surface area contributed by atoms with Gasteiger partial charge in [-0.2, -0.15) is 0 Å². The van der Waals surface area contributed by atoms with Gasteiger partial charge in [-0.25, -0.2) is 0 Å². The Bertz CT molecular complexity index is 336.